The molecule has 0 fully saturated rings. The van der Waals surface area contributed by atoms with E-state index < -0.39 is 0 Å². The van der Waals surface area contributed by atoms with E-state index in [9.17, 15) is 4.39 Å². The highest BCUT2D eigenvalue weighted by Gasteiger charge is 2.19. The van der Waals surface area contributed by atoms with E-state index in [1.54, 1.807) is 37.1 Å². The minimum atomic E-state index is -0.386. The van der Waals surface area contributed by atoms with E-state index in [1.165, 1.54) is 6.07 Å². The minimum Gasteiger partial charge on any atom is -0.483 e. The molecular formula is C17H24FN3O2S. The first-order valence-corrected chi connectivity index (χ1v) is 8.94. The van der Waals surface area contributed by atoms with Crippen molar-refractivity contribution >= 4 is 11.8 Å². The average Bonchev–Trinajstić information content (AvgIpc) is 2.95. The maximum absolute atomic E-state index is 13.7. The van der Waals surface area contributed by atoms with Crippen molar-refractivity contribution in [2.75, 3.05) is 19.5 Å². The second-order valence-corrected chi connectivity index (χ2v) is 6.98. The zero-order chi connectivity index (χ0) is 17.5. The molecule has 132 valence electrons. The van der Waals surface area contributed by atoms with Gasteiger partial charge in [-0.1, -0.05) is 37.7 Å². The van der Waals surface area contributed by atoms with Crippen LogP contribution in [0.1, 0.15) is 32.6 Å². The van der Waals surface area contributed by atoms with Gasteiger partial charge in [0.2, 0.25) is 0 Å². The second-order valence-electron chi connectivity index (χ2n) is 6.00. The van der Waals surface area contributed by atoms with Crippen LogP contribution in [0.4, 0.5) is 4.39 Å². The highest BCUT2D eigenvalue weighted by atomic mass is 32.2. The lowest BCUT2D eigenvalue weighted by Crippen LogP contribution is -2.17. The molecule has 0 unspecified atom stereocenters. The Morgan fingerprint density at radius 2 is 1.96 bits per heavy atom. The van der Waals surface area contributed by atoms with E-state index >= 15 is 0 Å². The van der Waals surface area contributed by atoms with Crippen LogP contribution in [-0.2, 0) is 11.3 Å². The van der Waals surface area contributed by atoms with Gasteiger partial charge in [0, 0.05) is 12.9 Å². The number of methoxy groups -OCH3 is 1. The smallest absolute Gasteiger partial charge is 0.191 e. The minimum absolute atomic E-state index is 0.0684. The molecule has 0 aliphatic carbocycles. The second kappa shape index (κ2) is 9.03. The van der Waals surface area contributed by atoms with Crippen molar-refractivity contribution in [1.82, 2.24) is 14.8 Å². The standard InChI is InChI=1S/C17H24FN3O2S/c1-12(2)11-24-17-20-19-16(21(17)13(3)9-22-4)10-23-15-8-6-5-7-14(15)18/h5-8,12-13H,9-11H2,1-4H3/t13-/m0/s1. The van der Waals surface area contributed by atoms with Crippen LogP contribution in [0.5, 0.6) is 5.75 Å². The summed E-state index contributed by atoms with van der Waals surface area (Å²) in [6.07, 6.45) is 0. The number of hydrogen-bond acceptors (Lipinski definition) is 5. The van der Waals surface area contributed by atoms with Gasteiger partial charge in [-0.05, 0) is 25.0 Å². The first-order valence-electron chi connectivity index (χ1n) is 7.95. The monoisotopic (exact) mass is 353 g/mol. The summed E-state index contributed by atoms with van der Waals surface area (Å²) in [6.45, 7) is 7.06. The highest BCUT2D eigenvalue weighted by Crippen LogP contribution is 2.25. The van der Waals surface area contributed by atoms with E-state index in [2.05, 4.69) is 24.0 Å². The van der Waals surface area contributed by atoms with Gasteiger partial charge < -0.3 is 9.47 Å². The van der Waals surface area contributed by atoms with E-state index in [0.29, 0.717) is 18.3 Å². The summed E-state index contributed by atoms with van der Waals surface area (Å²) in [5.74, 6) is 1.99. The number of benzene rings is 1. The lowest BCUT2D eigenvalue weighted by molar-refractivity contribution is 0.154. The number of nitrogens with zero attached hydrogens (tertiary/aromatic N) is 3. The molecule has 0 radical (unpaired) electrons. The van der Waals surface area contributed by atoms with Crippen molar-refractivity contribution in [2.24, 2.45) is 5.92 Å². The molecule has 1 aromatic heterocycles. The lowest BCUT2D eigenvalue weighted by atomic mass is 10.3. The SMILES string of the molecule is COC[C@H](C)n1c(COc2ccccc2F)nnc1SCC(C)C. The van der Waals surface area contributed by atoms with E-state index in [-0.39, 0.29) is 24.2 Å². The van der Waals surface area contributed by atoms with Gasteiger partial charge in [0.05, 0.1) is 12.6 Å². The third-order valence-electron chi connectivity index (χ3n) is 3.32. The van der Waals surface area contributed by atoms with Gasteiger partial charge in [-0.2, -0.15) is 0 Å². The van der Waals surface area contributed by atoms with Crippen molar-refractivity contribution in [3.8, 4) is 5.75 Å². The van der Waals surface area contributed by atoms with E-state index in [4.69, 9.17) is 9.47 Å². The maximum Gasteiger partial charge on any atom is 0.191 e. The average molecular weight is 353 g/mol. The van der Waals surface area contributed by atoms with Crippen molar-refractivity contribution in [3.05, 3.63) is 35.9 Å². The fourth-order valence-corrected chi connectivity index (χ4v) is 3.21. The molecule has 2 rings (SSSR count). The van der Waals surface area contributed by atoms with Crippen LogP contribution >= 0.6 is 11.8 Å². The fourth-order valence-electron chi connectivity index (χ4n) is 2.21. The van der Waals surface area contributed by atoms with Crippen molar-refractivity contribution in [3.63, 3.8) is 0 Å². The number of rotatable bonds is 9. The number of aromatic nitrogens is 3. The molecule has 0 bridgehead atoms. The zero-order valence-electron chi connectivity index (χ0n) is 14.5. The van der Waals surface area contributed by atoms with Crippen LogP contribution in [0.25, 0.3) is 0 Å². The van der Waals surface area contributed by atoms with Gasteiger partial charge in [0.25, 0.3) is 0 Å². The molecule has 0 aliphatic heterocycles. The lowest BCUT2D eigenvalue weighted by Gasteiger charge is -2.17. The Morgan fingerprint density at radius 3 is 2.62 bits per heavy atom. The van der Waals surface area contributed by atoms with Crippen LogP contribution in [0.3, 0.4) is 0 Å². The van der Waals surface area contributed by atoms with Crippen LogP contribution in [-0.4, -0.2) is 34.2 Å². The maximum atomic E-state index is 13.7. The molecule has 7 heteroatoms. The third kappa shape index (κ3) is 4.95. The molecule has 1 aromatic carbocycles. The van der Waals surface area contributed by atoms with Gasteiger partial charge >= 0.3 is 0 Å². The summed E-state index contributed by atoms with van der Waals surface area (Å²) >= 11 is 1.66. The highest BCUT2D eigenvalue weighted by molar-refractivity contribution is 7.99. The van der Waals surface area contributed by atoms with Gasteiger partial charge in [0.15, 0.2) is 22.5 Å². The van der Waals surface area contributed by atoms with Crippen LogP contribution in [0.15, 0.2) is 29.4 Å². The normalized spacial score (nSPS) is 12.6. The summed E-state index contributed by atoms with van der Waals surface area (Å²) in [6, 6.07) is 6.41. The molecule has 5 nitrogen and oxygen atoms in total. The summed E-state index contributed by atoms with van der Waals surface area (Å²) in [5, 5.41) is 9.34. The summed E-state index contributed by atoms with van der Waals surface area (Å²) < 4.78 is 26.5. The zero-order valence-corrected chi connectivity index (χ0v) is 15.3. The molecule has 0 amide bonds. The summed E-state index contributed by atoms with van der Waals surface area (Å²) in [5.41, 5.74) is 0. The van der Waals surface area contributed by atoms with Gasteiger partial charge in [-0.3, -0.25) is 4.57 Å². The van der Waals surface area contributed by atoms with Gasteiger partial charge in [0.1, 0.15) is 6.61 Å². The van der Waals surface area contributed by atoms with Gasteiger partial charge in [-0.25, -0.2) is 4.39 Å². The first-order chi connectivity index (χ1) is 11.5. The molecule has 1 atom stereocenters. The summed E-state index contributed by atoms with van der Waals surface area (Å²) in [4.78, 5) is 0. The topological polar surface area (TPSA) is 49.2 Å². The Bertz CT molecular complexity index is 649. The Labute approximate surface area is 146 Å². The quantitative estimate of drug-likeness (QED) is 0.639. The van der Waals surface area contributed by atoms with Crippen LogP contribution in [0, 0.1) is 11.7 Å². The Balaban J connectivity index is 2.17. The largest absolute Gasteiger partial charge is 0.483 e. The summed E-state index contributed by atoms with van der Waals surface area (Å²) in [7, 11) is 1.66. The number of para-hydroxylation sites is 1. The molecule has 0 saturated heterocycles. The number of thioether (sulfide) groups is 1. The number of halogens is 1. The Morgan fingerprint density at radius 1 is 1.21 bits per heavy atom. The molecule has 0 aliphatic rings. The number of hydrogen-bond donors (Lipinski definition) is 0. The van der Waals surface area contributed by atoms with Crippen molar-refractivity contribution in [2.45, 2.75) is 38.6 Å². The molecular weight excluding hydrogens is 329 g/mol. The Hall–Kier alpha value is -1.60. The van der Waals surface area contributed by atoms with Crippen molar-refractivity contribution < 1.29 is 13.9 Å². The molecule has 0 saturated carbocycles. The van der Waals surface area contributed by atoms with Gasteiger partial charge in [-0.15, -0.1) is 10.2 Å². The first kappa shape index (κ1) is 18.7. The van der Waals surface area contributed by atoms with Crippen molar-refractivity contribution in [1.29, 1.82) is 0 Å². The van der Waals surface area contributed by atoms with E-state index in [1.807, 2.05) is 11.5 Å². The number of ether oxygens (including phenoxy) is 2. The fraction of sp³-hybridized carbons (Fsp3) is 0.529. The molecule has 24 heavy (non-hydrogen) atoms. The molecule has 2 aromatic rings. The third-order valence-corrected chi connectivity index (χ3v) is 4.69. The predicted octanol–water partition coefficient (Wildman–Crippen LogP) is 3.95. The Kier molecular flexibility index (Phi) is 7.05. The van der Waals surface area contributed by atoms with Crippen LogP contribution in [0.2, 0.25) is 0 Å². The predicted molar refractivity (Wildman–Crippen MR) is 92.9 cm³/mol. The van der Waals surface area contributed by atoms with Crippen LogP contribution < -0.4 is 4.74 Å². The molecule has 1 heterocycles. The van der Waals surface area contributed by atoms with E-state index in [0.717, 1.165) is 10.9 Å². The molecule has 0 N–H and O–H groups in total. The molecule has 0 spiro atoms.